The fraction of sp³-hybridized carbons (Fsp3) is 0.265. The fourth-order valence-corrected chi connectivity index (χ4v) is 5.62. The Morgan fingerprint density at radius 1 is 0.795 bits per heavy atom. The number of hydrogen-bond acceptors (Lipinski definition) is 2. The van der Waals surface area contributed by atoms with Crippen LogP contribution in [0.5, 0.6) is 5.75 Å². The Balaban J connectivity index is 0.00000112. The van der Waals surface area contributed by atoms with Crippen LogP contribution in [0.15, 0.2) is 108 Å². The number of phenols is 1. The SMILES string of the molecule is CC(c1ccccc1)(c1ccccc1)c1cc(-c2ccccc2)cc(C=NCC2CCCCC2)c1O.[Cl][Zr][Cl]. The van der Waals surface area contributed by atoms with Crippen LogP contribution >= 0.6 is 17.0 Å². The molecule has 5 rings (SSSR count). The van der Waals surface area contributed by atoms with Gasteiger partial charge >= 0.3 is 37.9 Å². The van der Waals surface area contributed by atoms with Gasteiger partial charge in [0, 0.05) is 29.3 Å². The molecule has 0 amide bonds. The molecular weight excluding hydrogens is 601 g/mol. The molecule has 1 aliphatic rings. The van der Waals surface area contributed by atoms with Gasteiger partial charge in [0.15, 0.2) is 0 Å². The van der Waals surface area contributed by atoms with E-state index < -0.39 is 26.3 Å². The van der Waals surface area contributed by atoms with E-state index in [1.54, 1.807) is 0 Å². The Bertz CT molecular complexity index is 1280. The molecule has 0 aromatic heterocycles. The molecule has 200 valence electrons. The van der Waals surface area contributed by atoms with Gasteiger partial charge in [0.1, 0.15) is 5.75 Å². The van der Waals surface area contributed by atoms with E-state index in [0.717, 1.165) is 39.9 Å². The second kappa shape index (κ2) is 15.0. The van der Waals surface area contributed by atoms with Crippen molar-refractivity contribution in [2.45, 2.75) is 44.4 Å². The second-order valence-electron chi connectivity index (χ2n) is 10.3. The molecule has 4 aromatic carbocycles. The number of halogens is 2. The molecule has 1 N–H and O–H groups in total. The van der Waals surface area contributed by atoms with Crippen molar-refractivity contribution >= 4 is 23.2 Å². The molecule has 39 heavy (non-hydrogen) atoms. The summed E-state index contributed by atoms with van der Waals surface area (Å²) in [5.41, 5.74) is 5.62. The number of hydrogen-bond donors (Lipinski definition) is 1. The van der Waals surface area contributed by atoms with Crippen molar-refractivity contribution < 1.29 is 26.0 Å². The Morgan fingerprint density at radius 2 is 1.31 bits per heavy atom. The molecule has 0 radical (unpaired) electrons. The summed E-state index contributed by atoms with van der Waals surface area (Å²) < 4.78 is 0. The minimum absolute atomic E-state index is 0.303. The van der Waals surface area contributed by atoms with Crippen molar-refractivity contribution in [3.05, 3.63) is 125 Å². The van der Waals surface area contributed by atoms with Crippen molar-refractivity contribution in [2.24, 2.45) is 10.9 Å². The van der Waals surface area contributed by atoms with Crippen LogP contribution in [0.25, 0.3) is 11.1 Å². The van der Waals surface area contributed by atoms with Crippen LogP contribution in [0.3, 0.4) is 0 Å². The molecule has 4 aromatic rings. The van der Waals surface area contributed by atoms with Crippen LogP contribution < -0.4 is 0 Å². The molecule has 0 saturated heterocycles. The Kier molecular flexibility index (Phi) is 11.4. The summed E-state index contributed by atoms with van der Waals surface area (Å²) in [6.07, 6.45) is 8.39. The Morgan fingerprint density at radius 3 is 1.85 bits per heavy atom. The third kappa shape index (κ3) is 7.52. The van der Waals surface area contributed by atoms with Gasteiger partial charge < -0.3 is 5.11 Å². The standard InChI is InChI=1S/C34H35NO.2ClH.Zr/c1-34(30-18-10-4-11-19-30,31-20-12-5-13-21-31)32-23-28(27-16-8-3-9-17-27)22-29(33(32)36)25-35-24-26-14-6-2-7-15-26;;;/h3-5,8-13,16-23,25-26,36H,2,6-7,14-15,24H2,1H3;2*1H;/q;;;+2/p-2. The summed E-state index contributed by atoms with van der Waals surface area (Å²) in [4.78, 5) is 4.84. The summed E-state index contributed by atoms with van der Waals surface area (Å²) in [6, 6.07) is 35.6. The second-order valence-corrected chi connectivity index (χ2v) is 14.0. The van der Waals surface area contributed by atoms with Crippen LogP contribution in [-0.2, 0) is 26.3 Å². The maximum atomic E-state index is 11.8. The molecule has 0 heterocycles. The Hall–Kier alpha value is -2.19. The summed E-state index contributed by atoms with van der Waals surface area (Å²) >= 11 is -0.826. The number of nitrogens with zero attached hydrogens (tertiary/aromatic N) is 1. The number of phenolic OH excluding ortho intramolecular Hbond substituents is 1. The van der Waals surface area contributed by atoms with Gasteiger partial charge in [-0.2, -0.15) is 0 Å². The van der Waals surface area contributed by atoms with E-state index in [9.17, 15) is 5.11 Å². The summed E-state index contributed by atoms with van der Waals surface area (Å²) in [5, 5.41) is 11.8. The summed E-state index contributed by atoms with van der Waals surface area (Å²) in [6.45, 7) is 3.05. The average molecular weight is 636 g/mol. The Labute approximate surface area is 251 Å². The average Bonchev–Trinajstić information content (AvgIpc) is 3.00. The normalized spacial score (nSPS) is 14.0. The maximum absolute atomic E-state index is 11.8. The molecule has 5 heteroatoms. The van der Waals surface area contributed by atoms with Gasteiger partial charge in [0.2, 0.25) is 0 Å². The van der Waals surface area contributed by atoms with E-state index >= 15 is 0 Å². The first-order valence-corrected chi connectivity index (χ1v) is 19.9. The zero-order valence-electron chi connectivity index (χ0n) is 22.4. The minimum atomic E-state index is -0.826. The number of benzene rings is 4. The predicted molar refractivity (Wildman–Crippen MR) is 163 cm³/mol. The fourth-order valence-electron chi connectivity index (χ4n) is 5.62. The van der Waals surface area contributed by atoms with Crippen molar-refractivity contribution in [1.29, 1.82) is 0 Å². The molecule has 1 aliphatic carbocycles. The zero-order chi connectivity index (χ0) is 27.5. The number of rotatable bonds is 7. The molecule has 1 saturated carbocycles. The monoisotopic (exact) mass is 633 g/mol. The van der Waals surface area contributed by atoms with E-state index in [-0.39, 0.29) is 0 Å². The first kappa shape index (κ1) is 29.8. The molecule has 1 fully saturated rings. The van der Waals surface area contributed by atoms with E-state index in [0.29, 0.717) is 11.7 Å². The van der Waals surface area contributed by atoms with Gasteiger partial charge in [-0.05, 0) is 60.1 Å². The molecule has 2 nitrogen and oxygen atoms in total. The van der Waals surface area contributed by atoms with E-state index in [1.165, 1.54) is 32.1 Å². The molecule has 0 spiro atoms. The van der Waals surface area contributed by atoms with Crippen molar-refractivity contribution in [3.63, 3.8) is 0 Å². The summed E-state index contributed by atoms with van der Waals surface area (Å²) in [7, 11) is 9.87. The van der Waals surface area contributed by atoms with Crippen molar-refractivity contribution in [2.75, 3.05) is 6.54 Å². The van der Waals surface area contributed by atoms with E-state index in [1.807, 2.05) is 24.4 Å². The quantitative estimate of drug-likeness (QED) is 0.159. The van der Waals surface area contributed by atoms with Gasteiger partial charge in [0.25, 0.3) is 0 Å². The topological polar surface area (TPSA) is 32.6 Å². The van der Waals surface area contributed by atoms with Crippen LogP contribution in [0, 0.1) is 5.92 Å². The van der Waals surface area contributed by atoms with E-state index in [4.69, 9.17) is 22.0 Å². The van der Waals surface area contributed by atoms with Gasteiger partial charge in [-0.1, -0.05) is 110 Å². The van der Waals surface area contributed by atoms with Crippen LogP contribution in [0.4, 0.5) is 0 Å². The first-order valence-electron chi connectivity index (χ1n) is 13.6. The number of aliphatic imine (C=N–C) groups is 1. The third-order valence-corrected chi connectivity index (χ3v) is 7.81. The predicted octanol–water partition coefficient (Wildman–Crippen LogP) is 9.79. The number of aromatic hydroxyl groups is 1. The molecule has 0 aliphatic heterocycles. The zero-order valence-corrected chi connectivity index (χ0v) is 26.3. The van der Waals surface area contributed by atoms with Crippen LogP contribution in [-0.4, -0.2) is 17.9 Å². The van der Waals surface area contributed by atoms with Gasteiger partial charge in [-0.3, -0.25) is 4.99 Å². The summed E-state index contributed by atoms with van der Waals surface area (Å²) in [5.74, 6) is 0.963. The van der Waals surface area contributed by atoms with Crippen LogP contribution in [0.1, 0.15) is 61.3 Å². The van der Waals surface area contributed by atoms with Gasteiger partial charge in [-0.15, -0.1) is 0 Å². The molecule has 0 unspecified atom stereocenters. The first-order chi connectivity index (χ1) is 19.1. The molecule has 0 bridgehead atoms. The van der Waals surface area contributed by atoms with Crippen molar-refractivity contribution in [3.8, 4) is 16.9 Å². The van der Waals surface area contributed by atoms with Gasteiger partial charge in [-0.25, -0.2) is 0 Å². The van der Waals surface area contributed by atoms with Crippen molar-refractivity contribution in [1.82, 2.24) is 0 Å². The van der Waals surface area contributed by atoms with E-state index in [2.05, 4.69) is 91.9 Å². The van der Waals surface area contributed by atoms with Gasteiger partial charge in [0.05, 0.1) is 0 Å². The third-order valence-electron chi connectivity index (χ3n) is 7.81. The van der Waals surface area contributed by atoms with Crippen LogP contribution in [0.2, 0.25) is 0 Å². The molecule has 0 atom stereocenters. The molecular formula is C34H35Cl2NOZr.